The molecule has 0 saturated carbocycles. The Balaban J connectivity index is 0.896. The maximum Gasteiger partial charge on any atom is 0.252 e. The van der Waals surface area contributed by atoms with E-state index >= 15 is 0 Å². The van der Waals surface area contributed by atoms with Crippen LogP contribution in [0.25, 0.3) is 56.3 Å². The maximum absolute atomic E-state index is 5.24. The Kier molecular flexibility index (Phi) is 16.5. The molecule has 116 heavy (non-hydrogen) atoms. The van der Waals surface area contributed by atoms with Gasteiger partial charge in [0, 0.05) is 121 Å². The molecule has 0 atom stereocenters. The fourth-order valence-electron chi connectivity index (χ4n) is 18.3. The molecule has 0 bridgehead atoms. The Morgan fingerprint density at radius 2 is 0.474 bits per heavy atom. The van der Waals surface area contributed by atoms with Crippen molar-refractivity contribution < 1.29 is 0 Å². The lowest BCUT2D eigenvalue weighted by molar-refractivity contribution is 1.21. The molecule has 22 rings (SSSR count). The number of pyridine rings is 5. The van der Waals surface area contributed by atoms with Crippen molar-refractivity contribution in [3.05, 3.63) is 419 Å². The standard InChI is InChI=1S/C103H69B2N11/c1-4-34-70(35-5-1)111(89-52-17-10-40-75(89)84-47-24-29-59-106-84)73-64-98-102-100(66-73)115(92-55-20-13-43-78(92)87-50-27-32-62-109-87)96-69-97-83(68-82(96)104(102)80-45-15-22-57-94(80)113(98)72-38-8-3-9-39-72)105-81-46-16-23-58-95(81)114(91-54-19-12-42-77(91)86-49-26-31-61-108-86)99-65-74(67-101(103(99)105)116(97)93-56-21-14-44-79(93)88-51-28-33-63-110-88)112(71-36-6-2-7-37-71)90-53-18-11-41-76(90)85-48-25-30-60-107-85/h1-69H. The molecular weight excluding hydrogens is 1410 g/mol. The molecule has 0 N–H and O–H groups in total. The Morgan fingerprint density at radius 3 is 0.845 bits per heavy atom. The molecule has 0 aliphatic carbocycles. The summed E-state index contributed by atoms with van der Waals surface area (Å²) in [5.74, 6) is 0. The number of hydrogen-bond donors (Lipinski definition) is 0. The number of hydrogen-bond acceptors (Lipinski definition) is 11. The average molecular weight is 1480 g/mol. The molecule has 542 valence electrons. The zero-order valence-electron chi connectivity index (χ0n) is 62.9. The van der Waals surface area contributed by atoms with Gasteiger partial charge in [0.1, 0.15) is 0 Å². The van der Waals surface area contributed by atoms with Crippen LogP contribution in [0.5, 0.6) is 0 Å². The second-order valence-electron chi connectivity index (χ2n) is 29.4. The van der Waals surface area contributed by atoms with E-state index < -0.39 is 0 Å². The average Bonchev–Trinajstić information content (AvgIpc) is 0.679. The SMILES string of the molecule is c1ccc(N(c2cc3c4c(c2)N(c2ccccc2-c2ccccn2)c2cc5c(cc2B4c2ccccc2N3c2ccccc2)B2c3ccccc3N(c3ccccc3-c3ccccn3)c3cc(N(c4ccccc4)c4ccccc4-c4ccccn4)cc(c32)N5c2ccccc2-c2ccccn2)c2ccccc2-c2ccccn2)cc1. The lowest BCUT2D eigenvalue weighted by Crippen LogP contribution is -2.65. The van der Waals surface area contributed by atoms with Gasteiger partial charge in [-0.2, -0.15) is 0 Å². The topological polar surface area (TPSA) is 83.9 Å². The van der Waals surface area contributed by atoms with E-state index in [1.54, 1.807) is 0 Å². The van der Waals surface area contributed by atoms with Crippen LogP contribution in [0.4, 0.5) is 102 Å². The van der Waals surface area contributed by atoms with Crippen LogP contribution in [0.1, 0.15) is 0 Å². The lowest BCUT2D eigenvalue weighted by Gasteiger charge is -2.48. The molecule has 13 heteroatoms. The summed E-state index contributed by atoms with van der Waals surface area (Å²) in [6.45, 7) is -0.685. The van der Waals surface area contributed by atoms with Crippen molar-refractivity contribution in [2.75, 3.05) is 29.4 Å². The van der Waals surface area contributed by atoms with E-state index in [2.05, 4.69) is 387 Å². The highest BCUT2D eigenvalue weighted by Gasteiger charge is 2.50. The van der Waals surface area contributed by atoms with E-state index in [-0.39, 0.29) is 13.4 Å². The monoisotopic (exact) mass is 1480 g/mol. The van der Waals surface area contributed by atoms with Gasteiger partial charge in [-0.15, -0.1) is 0 Å². The molecule has 9 heterocycles. The molecule has 5 aromatic heterocycles. The van der Waals surface area contributed by atoms with Gasteiger partial charge in [0.15, 0.2) is 0 Å². The molecule has 11 nitrogen and oxygen atoms in total. The Morgan fingerprint density at radius 1 is 0.190 bits per heavy atom. The lowest BCUT2D eigenvalue weighted by atomic mass is 9.30. The summed E-state index contributed by atoms with van der Waals surface area (Å²) in [7, 11) is 0. The fraction of sp³-hybridized carbons (Fsp3) is 0. The molecule has 4 aliphatic rings. The molecule has 0 unspecified atom stereocenters. The van der Waals surface area contributed by atoms with Crippen molar-refractivity contribution in [2.45, 2.75) is 0 Å². The summed E-state index contributed by atoms with van der Waals surface area (Å²) in [6.07, 6.45) is 9.47. The van der Waals surface area contributed by atoms with E-state index in [9.17, 15) is 0 Å². The maximum atomic E-state index is 5.24. The molecular formula is C103H69B2N11. The van der Waals surface area contributed by atoms with Gasteiger partial charge in [-0.05, 0) is 203 Å². The third-order valence-electron chi connectivity index (χ3n) is 23.0. The minimum absolute atomic E-state index is 0.327. The Hall–Kier alpha value is -15.5. The van der Waals surface area contributed by atoms with Crippen LogP contribution in [0.2, 0.25) is 0 Å². The van der Waals surface area contributed by atoms with Gasteiger partial charge < -0.3 is 29.4 Å². The second kappa shape index (κ2) is 28.4. The predicted molar refractivity (Wildman–Crippen MR) is 480 cm³/mol. The van der Waals surface area contributed by atoms with Gasteiger partial charge in [0.2, 0.25) is 0 Å². The molecule has 13 aromatic carbocycles. The van der Waals surface area contributed by atoms with E-state index in [0.717, 1.165) is 186 Å². The Labute approximate surface area is 674 Å². The first kappa shape index (κ1) is 67.4. The number of fused-ring (bicyclic) bond motifs is 8. The van der Waals surface area contributed by atoms with Crippen molar-refractivity contribution in [3.8, 4) is 56.3 Å². The number of aromatic nitrogens is 5. The van der Waals surface area contributed by atoms with Crippen LogP contribution >= 0.6 is 0 Å². The fourth-order valence-corrected chi connectivity index (χ4v) is 18.3. The molecule has 0 amide bonds. The van der Waals surface area contributed by atoms with Crippen LogP contribution in [0.15, 0.2) is 419 Å². The summed E-state index contributed by atoms with van der Waals surface area (Å²) >= 11 is 0. The van der Waals surface area contributed by atoms with Gasteiger partial charge in [-0.3, -0.25) is 24.9 Å². The summed E-state index contributed by atoms with van der Waals surface area (Å²) in [4.78, 5) is 40.8. The van der Waals surface area contributed by atoms with Crippen LogP contribution in [0.3, 0.4) is 0 Å². The van der Waals surface area contributed by atoms with Gasteiger partial charge in [0.25, 0.3) is 13.4 Å². The first-order chi connectivity index (χ1) is 57.6. The summed E-state index contributed by atoms with van der Waals surface area (Å²) in [5.41, 5.74) is 34.2. The van der Waals surface area contributed by atoms with Crippen LogP contribution in [-0.4, -0.2) is 38.3 Å². The summed E-state index contributed by atoms with van der Waals surface area (Å²) in [6, 6.07) is 141. The number of rotatable bonds is 15. The van der Waals surface area contributed by atoms with Crippen molar-refractivity contribution >= 4 is 149 Å². The third-order valence-corrected chi connectivity index (χ3v) is 23.0. The van der Waals surface area contributed by atoms with E-state index in [0.29, 0.717) is 0 Å². The van der Waals surface area contributed by atoms with Gasteiger partial charge >= 0.3 is 0 Å². The normalized spacial score (nSPS) is 12.6. The van der Waals surface area contributed by atoms with E-state index in [1.165, 1.54) is 5.46 Å². The molecule has 0 fully saturated rings. The molecule has 18 aromatic rings. The Bertz CT molecular complexity index is 6770. The highest BCUT2D eigenvalue weighted by Crippen LogP contribution is 2.56. The number of nitrogens with zero attached hydrogens (tertiary/aromatic N) is 11. The smallest absolute Gasteiger partial charge is 0.252 e. The van der Waals surface area contributed by atoms with E-state index in [1.807, 2.05) is 61.3 Å². The predicted octanol–water partition coefficient (Wildman–Crippen LogP) is 22.1. The zero-order chi connectivity index (χ0) is 76.6. The zero-order valence-corrected chi connectivity index (χ0v) is 62.9. The van der Waals surface area contributed by atoms with Crippen molar-refractivity contribution in [3.63, 3.8) is 0 Å². The number of benzene rings is 13. The summed E-state index contributed by atoms with van der Waals surface area (Å²) in [5, 5.41) is 0. The quantitative estimate of drug-likeness (QED) is 0.0920. The second-order valence-corrected chi connectivity index (χ2v) is 29.4. The first-order valence-corrected chi connectivity index (χ1v) is 39.3. The van der Waals surface area contributed by atoms with Crippen LogP contribution < -0.4 is 62.2 Å². The highest BCUT2D eigenvalue weighted by molar-refractivity contribution is 7.03. The molecule has 0 spiro atoms. The van der Waals surface area contributed by atoms with Gasteiger partial charge in [-0.25, -0.2) is 0 Å². The van der Waals surface area contributed by atoms with Crippen molar-refractivity contribution in [2.24, 2.45) is 0 Å². The summed E-state index contributed by atoms with van der Waals surface area (Å²) < 4.78 is 0. The molecule has 0 saturated heterocycles. The first-order valence-electron chi connectivity index (χ1n) is 39.3. The van der Waals surface area contributed by atoms with Crippen molar-refractivity contribution in [1.29, 1.82) is 0 Å². The number of anilines is 18. The van der Waals surface area contributed by atoms with Crippen LogP contribution in [0, 0.1) is 0 Å². The van der Waals surface area contributed by atoms with E-state index in [4.69, 9.17) is 24.9 Å². The van der Waals surface area contributed by atoms with Crippen molar-refractivity contribution in [1.82, 2.24) is 24.9 Å². The minimum Gasteiger partial charge on any atom is -0.311 e. The number of para-hydroxylation sites is 10. The largest absolute Gasteiger partial charge is 0.311 e. The van der Waals surface area contributed by atoms with Gasteiger partial charge in [-0.1, -0.05) is 218 Å². The molecule has 0 radical (unpaired) electrons. The highest BCUT2D eigenvalue weighted by atomic mass is 15.2. The molecule has 4 aliphatic heterocycles. The van der Waals surface area contributed by atoms with Gasteiger partial charge in [0.05, 0.1) is 68.3 Å². The minimum atomic E-state index is -0.358. The third kappa shape index (κ3) is 11.2. The van der Waals surface area contributed by atoms with Crippen LogP contribution in [-0.2, 0) is 0 Å².